The first-order chi connectivity index (χ1) is 13.6. The van der Waals surface area contributed by atoms with Crippen LogP contribution in [0.25, 0.3) is 11.4 Å². The highest BCUT2D eigenvalue weighted by Gasteiger charge is 2.16. The molecule has 0 spiro atoms. The Morgan fingerprint density at radius 2 is 2.07 bits per heavy atom. The molecule has 1 N–H and O–H groups in total. The number of amides is 1. The molecule has 3 aromatic rings. The number of thioether (sulfide) groups is 1. The summed E-state index contributed by atoms with van der Waals surface area (Å²) in [6.45, 7) is 7.17. The van der Waals surface area contributed by atoms with Gasteiger partial charge in [0, 0.05) is 28.1 Å². The van der Waals surface area contributed by atoms with Gasteiger partial charge in [-0.3, -0.25) is 4.79 Å². The maximum atomic E-state index is 12.3. The third kappa shape index (κ3) is 5.23. The summed E-state index contributed by atoms with van der Waals surface area (Å²) in [6, 6.07) is 10.0. The monoisotopic (exact) mass is 414 g/mol. The number of rotatable bonds is 9. The minimum Gasteiger partial charge on any atom is -0.325 e. The second kappa shape index (κ2) is 9.89. The molecule has 2 heterocycles. The first-order valence-corrected chi connectivity index (χ1v) is 11.5. The van der Waals surface area contributed by atoms with E-state index in [9.17, 15) is 4.79 Å². The predicted octanol–water partition coefficient (Wildman–Crippen LogP) is 5.41. The maximum Gasteiger partial charge on any atom is 0.234 e. The molecular weight excluding hydrogens is 388 g/mol. The fourth-order valence-electron chi connectivity index (χ4n) is 2.96. The van der Waals surface area contributed by atoms with Crippen LogP contribution in [0.4, 0.5) is 5.69 Å². The lowest BCUT2D eigenvalue weighted by Crippen LogP contribution is -2.14. The van der Waals surface area contributed by atoms with Gasteiger partial charge in [0.2, 0.25) is 5.91 Å². The van der Waals surface area contributed by atoms with Gasteiger partial charge in [0.1, 0.15) is 0 Å². The Morgan fingerprint density at radius 1 is 1.21 bits per heavy atom. The molecule has 0 aliphatic carbocycles. The molecule has 1 aromatic carbocycles. The number of hydrogen-bond acceptors (Lipinski definition) is 5. The number of nitrogens with zero attached hydrogens (tertiary/aromatic N) is 3. The number of anilines is 1. The molecule has 3 rings (SSSR count). The standard InChI is InChI=1S/C21H26N4OS2/c1-4-7-18-12-16(13-27-18)20-23-24-21(25(20)10-5-2)28-14-19(26)22-17-9-6-8-15(3)11-17/h6,8-9,11-13H,4-5,7,10,14H2,1-3H3,(H,22,26). The van der Waals surface area contributed by atoms with Gasteiger partial charge >= 0.3 is 0 Å². The summed E-state index contributed by atoms with van der Waals surface area (Å²) >= 11 is 3.21. The smallest absolute Gasteiger partial charge is 0.234 e. The quantitative estimate of drug-likeness (QED) is 0.476. The van der Waals surface area contributed by atoms with E-state index in [4.69, 9.17) is 0 Å². The number of carbonyl (C=O) groups excluding carboxylic acids is 1. The fraction of sp³-hybridized carbons (Fsp3) is 0.381. The van der Waals surface area contributed by atoms with Crippen molar-refractivity contribution < 1.29 is 4.79 Å². The van der Waals surface area contributed by atoms with E-state index in [0.29, 0.717) is 5.75 Å². The molecule has 0 aliphatic rings. The molecule has 148 valence electrons. The number of hydrogen-bond donors (Lipinski definition) is 1. The van der Waals surface area contributed by atoms with Crippen LogP contribution in [0.2, 0.25) is 0 Å². The van der Waals surface area contributed by atoms with E-state index in [1.165, 1.54) is 16.6 Å². The lowest BCUT2D eigenvalue weighted by molar-refractivity contribution is -0.113. The zero-order valence-corrected chi connectivity index (χ0v) is 18.2. The summed E-state index contributed by atoms with van der Waals surface area (Å²) in [5.41, 5.74) is 3.06. The molecule has 0 saturated carbocycles. The van der Waals surface area contributed by atoms with Crippen LogP contribution in [-0.4, -0.2) is 26.4 Å². The largest absolute Gasteiger partial charge is 0.325 e. The molecule has 0 unspecified atom stereocenters. The molecule has 0 saturated heterocycles. The molecule has 2 aromatic heterocycles. The van der Waals surface area contributed by atoms with Crippen LogP contribution in [-0.2, 0) is 17.8 Å². The molecule has 0 bridgehead atoms. The summed E-state index contributed by atoms with van der Waals surface area (Å²) in [5, 5.41) is 14.7. The number of benzene rings is 1. The van der Waals surface area contributed by atoms with Crippen LogP contribution in [0.3, 0.4) is 0 Å². The average molecular weight is 415 g/mol. The van der Waals surface area contributed by atoms with E-state index in [1.54, 1.807) is 11.3 Å². The zero-order valence-electron chi connectivity index (χ0n) is 16.6. The predicted molar refractivity (Wildman–Crippen MR) is 118 cm³/mol. The summed E-state index contributed by atoms with van der Waals surface area (Å²) < 4.78 is 2.13. The van der Waals surface area contributed by atoms with Crippen molar-refractivity contribution in [3.63, 3.8) is 0 Å². The minimum absolute atomic E-state index is 0.0380. The zero-order chi connectivity index (χ0) is 19.9. The van der Waals surface area contributed by atoms with Crippen molar-refractivity contribution in [3.8, 4) is 11.4 Å². The highest BCUT2D eigenvalue weighted by molar-refractivity contribution is 7.99. The van der Waals surface area contributed by atoms with Crippen molar-refractivity contribution in [2.75, 3.05) is 11.1 Å². The SMILES string of the molecule is CCCc1cc(-c2nnc(SCC(=O)Nc3cccc(C)c3)n2CCC)cs1. The molecular formula is C21H26N4OS2. The number of carbonyl (C=O) groups is 1. The lowest BCUT2D eigenvalue weighted by Gasteiger charge is -2.08. The Hall–Kier alpha value is -2.12. The van der Waals surface area contributed by atoms with Gasteiger partial charge in [-0.2, -0.15) is 0 Å². The van der Waals surface area contributed by atoms with Crippen molar-refractivity contribution in [2.24, 2.45) is 0 Å². The van der Waals surface area contributed by atoms with Crippen molar-refractivity contribution >= 4 is 34.7 Å². The van der Waals surface area contributed by atoms with Gasteiger partial charge in [-0.15, -0.1) is 21.5 Å². The molecule has 0 fully saturated rings. The van der Waals surface area contributed by atoms with Crippen LogP contribution < -0.4 is 5.32 Å². The van der Waals surface area contributed by atoms with Crippen LogP contribution in [0.5, 0.6) is 0 Å². The Morgan fingerprint density at radius 3 is 2.82 bits per heavy atom. The van der Waals surface area contributed by atoms with E-state index < -0.39 is 0 Å². The van der Waals surface area contributed by atoms with Crippen LogP contribution >= 0.6 is 23.1 Å². The summed E-state index contributed by atoms with van der Waals surface area (Å²) in [4.78, 5) is 13.7. The van der Waals surface area contributed by atoms with Crippen molar-refractivity contribution in [1.82, 2.24) is 14.8 Å². The Balaban J connectivity index is 1.69. The van der Waals surface area contributed by atoms with Crippen LogP contribution in [0, 0.1) is 6.92 Å². The Kier molecular flexibility index (Phi) is 7.28. The second-order valence-corrected chi connectivity index (χ2v) is 8.65. The summed E-state index contributed by atoms with van der Waals surface area (Å²) in [7, 11) is 0. The van der Waals surface area contributed by atoms with Crippen molar-refractivity contribution in [2.45, 2.75) is 51.7 Å². The van der Waals surface area contributed by atoms with Gasteiger partial charge < -0.3 is 9.88 Å². The normalized spacial score (nSPS) is 11.0. The first kappa shape index (κ1) is 20.6. The highest BCUT2D eigenvalue weighted by atomic mass is 32.2. The third-order valence-electron chi connectivity index (χ3n) is 4.21. The molecule has 0 aliphatic heterocycles. The minimum atomic E-state index is -0.0380. The van der Waals surface area contributed by atoms with Gasteiger partial charge in [-0.05, 0) is 43.5 Å². The summed E-state index contributed by atoms with van der Waals surface area (Å²) in [6.07, 6.45) is 3.21. The van der Waals surface area contributed by atoms with Crippen molar-refractivity contribution in [3.05, 3.63) is 46.2 Å². The van der Waals surface area contributed by atoms with E-state index in [0.717, 1.165) is 53.6 Å². The van der Waals surface area contributed by atoms with E-state index in [-0.39, 0.29) is 5.91 Å². The molecule has 0 radical (unpaired) electrons. The molecule has 28 heavy (non-hydrogen) atoms. The Bertz CT molecular complexity index is 932. The van der Waals surface area contributed by atoms with Gasteiger partial charge in [0.05, 0.1) is 5.75 Å². The van der Waals surface area contributed by atoms with Crippen LogP contribution in [0.1, 0.15) is 37.1 Å². The van der Waals surface area contributed by atoms with Crippen molar-refractivity contribution in [1.29, 1.82) is 0 Å². The number of aromatic nitrogens is 3. The number of aryl methyl sites for hydroxylation is 2. The molecule has 1 amide bonds. The second-order valence-electron chi connectivity index (χ2n) is 6.72. The van der Waals surface area contributed by atoms with Gasteiger partial charge in [0.25, 0.3) is 0 Å². The topological polar surface area (TPSA) is 59.8 Å². The average Bonchev–Trinajstić information content (AvgIpc) is 3.28. The Labute approximate surface area is 174 Å². The first-order valence-electron chi connectivity index (χ1n) is 9.61. The van der Waals surface area contributed by atoms with E-state index in [2.05, 4.69) is 45.4 Å². The molecule has 5 nitrogen and oxygen atoms in total. The number of thiophene rings is 1. The van der Waals surface area contributed by atoms with Gasteiger partial charge in [-0.1, -0.05) is 44.2 Å². The van der Waals surface area contributed by atoms with Gasteiger partial charge in [0.15, 0.2) is 11.0 Å². The third-order valence-corrected chi connectivity index (χ3v) is 6.17. The van der Waals surface area contributed by atoms with E-state index in [1.807, 2.05) is 31.2 Å². The van der Waals surface area contributed by atoms with Gasteiger partial charge in [-0.25, -0.2) is 0 Å². The summed E-state index contributed by atoms with van der Waals surface area (Å²) in [5.74, 6) is 1.16. The maximum absolute atomic E-state index is 12.3. The fourth-order valence-corrected chi connectivity index (χ4v) is 4.69. The molecule has 0 atom stereocenters. The highest BCUT2D eigenvalue weighted by Crippen LogP contribution is 2.28. The van der Waals surface area contributed by atoms with Crippen LogP contribution in [0.15, 0.2) is 40.9 Å². The molecule has 7 heteroatoms. The lowest BCUT2D eigenvalue weighted by atomic mass is 10.2. The van der Waals surface area contributed by atoms with E-state index >= 15 is 0 Å². The number of nitrogens with one attached hydrogen (secondary N) is 1.